The van der Waals surface area contributed by atoms with Gasteiger partial charge in [0.15, 0.2) is 6.10 Å². The maximum absolute atomic E-state index is 12.4. The molecule has 1 amide bonds. The van der Waals surface area contributed by atoms with E-state index in [-0.39, 0.29) is 35.1 Å². The van der Waals surface area contributed by atoms with Gasteiger partial charge in [-0.25, -0.2) is 13.1 Å². The van der Waals surface area contributed by atoms with E-state index >= 15 is 0 Å². The lowest BCUT2D eigenvalue weighted by Gasteiger charge is -2.19. The molecule has 158 valence electrons. The molecule has 8 heteroatoms. The molecule has 0 radical (unpaired) electrons. The molecular weight excluding hydrogens is 392 g/mol. The summed E-state index contributed by atoms with van der Waals surface area (Å²) in [6, 6.07) is 12.8. The summed E-state index contributed by atoms with van der Waals surface area (Å²) in [5.41, 5.74) is 0.991. The first-order chi connectivity index (χ1) is 13.5. The van der Waals surface area contributed by atoms with Gasteiger partial charge >= 0.3 is 0 Å². The lowest BCUT2D eigenvalue weighted by Crippen LogP contribution is -2.40. The van der Waals surface area contributed by atoms with E-state index in [1.807, 2.05) is 0 Å². The number of carbonyl (C=O) groups excluding carboxylic acids is 1. The Morgan fingerprint density at radius 1 is 1.03 bits per heavy atom. The van der Waals surface area contributed by atoms with Crippen LogP contribution in [0, 0.1) is 0 Å². The Bertz CT molecular complexity index is 917. The van der Waals surface area contributed by atoms with Gasteiger partial charge in [-0.05, 0) is 54.3 Å². The van der Waals surface area contributed by atoms with Crippen molar-refractivity contribution in [2.45, 2.75) is 44.1 Å². The van der Waals surface area contributed by atoms with Crippen LogP contribution in [0.15, 0.2) is 53.4 Å². The minimum absolute atomic E-state index is 0.0566. The number of phenolic OH excluding ortho intramolecular Hbond substituents is 1. The van der Waals surface area contributed by atoms with Crippen LogP contribution in [0.2, 0.25) is 0 Å². The zero-order valence-electron chi connectivity index (χ0n) is 17.1. The van der Waals surface area contributed by atoms with Crippen molar-refractivity contribution >= 4 is 15.9 Å². The number of aromatic hydroxyl groups is 1. The first kappa shape index (κ1) is 22.7. The molecule has 0 aliphatic carbocycles. The predicted octanol–water partition coefficient (Wildman–Crippen LogP) is 2.55. The zero-order chi connectivity index (χ0) is 21.7. The Morgan fingerprint density at radius 2 is 1.62 bits per heavy atom. The van der Waals surface area contributed by atoms with E-state index in [4.69, 9.17) is 4.74 Å². The second kappa shape index (κ2) is 9.28. The van der Waals surface area contributed by atoms with Crippen molar-refractivity contribution in [3.8, 4) is 11.5 Å². The van der Waals surface area contributed by atoms with Gasteiger partial charge in [-0.15, -0.1) is 0 Å². The van der Waals surface area contributed by atoms with E-state index in [0.29, 0.717) is 5.75 Å². The van der Waals surface area contributed by atoms with Crippen molar-refractivity contribution in [2.24, 2.45) is 0 Å². The SMILES string of the molecule is CC(Oc1ccc(O)cc1)C(=O)NCCNS(=O)(=O)c1ccc(C(C)(C)C)cc1. The molecule has 0 bridgehead atoms. The first-order valence-corrected chi connectivity index (χ1v) is 10.8. The lowest BCUT2D eigenvalue weighted by atomic mass is 9.87. The van der Waals surface area contributed by atoms with Crippen LogP contribution in [-0.2, 0) is 20.2 Å². The maximum atomic E-state index is 12.4. The van der Waals surface area contributed by atoms with E-state index in [2.05, 4.69) is 30.8 Å². The van der Waals surface area contributed by atoms with Gasteiger partial charge in [-0.3, -0.25) is 4.79 Å². The third kappa shape index (κ3) is 6.76. The van der Waals surface area contributed by atoms with Crippen LogP contribution in [0.4, 0.5) is 0 Å². The first-order valence-electron chi connectivity index (χ1n) is 9.33. The van der Waals surface area contributed by atoms with Gasteiger partial charge in [0.2, 0.25) is 10.0 Å². The van der Waals surface area contributed by atoms with Crippen LogP contribution in [0.25, 0.3) is 0 Å². The molecule has 2 aromatic carbocycles. The number of carbonyl (C=O) groups is 1. The summed E-state index contributed by atoms with van der Waals surface area (Å²) in [6.45, 7) is 7.95. The van der Waals surface area contributed by atoms with Gasteiger partial charge in [-0.1, -0.05) is 32.9 Å². The van der Waals surface area contributed by atoms with Crippen LogP contribution in [0.5, 0.6) is 11.5 Å². The highest BCUT2D eigenvalue weighted by Crippen LogP contribution is 2.23. The van der Waals surface area contributed by atoms with Gasteiger partial charge in [0.05, 0.1) is 4.90 Å². The fraction of sp³-hybridized carbons (Fsp3) is 0.381. The fourth-order valence-corrected chi connectivity index (χ4v) is 3.55. The molecule has 3 N–H and O–H groups in total. The Hall–Kier alpha value is -2.58. The summed E-state index contributed by atoms with van der Waals surface area (Å²) in [5, 5.41) is 11.9. The van der Waals surface area contributed by atoms with E-state index in [1.54, 1.807) is 43.3 Å². The van der Waals surface area contributed by atoms with Gasteiger partial charge in [0, 0.05) is 13.1 Å². The summed E-state index contributed by atoms with van der Waals surface area (Å²) in [6.07, 6.45) is -0.763. The summed E-state index contributed by atoms with van der Waals surface area (Å²) in [5.74, 6) is 0.187. The molecule has 2 aromatic rings. The molecule has 7 nitrogen and oxygen atoms in total. The molecule has 0 aromatic heterocycles. The number of sulfonamides is 1. The molecule has 0 heterocycles. The fourth-order valence-electron chi connectivity index (χ4n) is 2.51. The third-order valence-corrected chi connectivity index (χ3v) is 5.74. The quantitative estimate of drug-likeness (QED) is 0.569. The average molecular weight is 421 g/mol. The predicted molar refractivity (Wildman–Crippen MR) is 112 cm³/mol. The van der Waals surface area contributed by atoms with Gasteiger partial charge in [0.25, 0.3) is 5.91 Å². The highest BCUT2D eigenvalue weighted by molar-refractivity contribution is 7.89. The summed E-state index contributed by atoms with van der Waals surface area (Å²) >= 11 is 0. The highest BCUT2D eigenvalue weighted by Gasteiger charge is 2.18. The molecule has 0 saturated carbocycles. The van der Waals surface area contributed by atoms with E-state index < -0.39 is 16.1 Å². The molecule has 0 aliphatic rings. The minimum Gasteiger partial charge on any atom is -0.508 e. The Balaban J connectivity index is 1.81. The van der Waals surface area contributed by atoms with Gasteiger partial charge in [0.1, 0.15) is 11.5 Å². The van der Waals surface area contributed by atoms with Crippen LogP contribution in [0.3, 0.4) is 0 Å². The number of amides is 1. The van der Waals surface area contributed by atoms with Crippen molar-refractivity contribution < 1.29 is 23.1 Å². The molecule has 29 heavy (non-hydrogen) atoms. The number of hydrogen-bond acceptors (Lipinski definition) is 5. The second-order valence-electron chi connectivity index (χ2n) is 7.72. The summed E-state index contributed by atoms with van der Waals surface area (Å²) < 4.78 is 32.7. The lowest BCUT2D eigenvalue weighted by molar-refractivity contribution is -0.127. The molecule has 1 unspecified atom stereocenters. The topological polar surface area (TPSA) is 105 Å². The molecule has 1 atom stereocenters. The van der Waals surface area contributed by atoms with Crippen LogP contribution in [0.1, 0.15) is 33.3 Å². The highest BCUT2D eigenvalue weighted by atomic mass is 32.2. The largest absolute Gasteiger partial charge is 0.508 e. The zero-order valence-corrected chi connectivity index (χ0v) is 17.9. The number of hydrogen-bond donors (Lipinski definition) is 3. The monoisotopic (exact) mass is 420 g/mol. The molecule has 0 fully saturated rings. The third-order valence-electron chi connectivity index (χ3n) is 4.27. The van der Waals surface area contributed by atoms with Crippen molar-refractivity contribution in [3.63, 3.8) is 0 Å². The van der Waals surface area contributed by atoms with Crippen molar-refractivity contribution in [1.82, 2.24) is 10.0 Å². The smallest absolute Gasteiger partial charge is 0.260 e. The van der Waals surface area contributed by atoms with Crippen LogP contribution < -0.4 is 14.8 Å². The van der Waals surface area contributed by atoms with Crippen LogP contribution in [-0.4, -0.2) is 38.6 Å². The molecule has 2 rings (SSSR count). The van der Waals surface area contributed by atoms with E-state index in [1.165, 1.54) is 12.1 Å². The molecule has 0 saturated heterocycles. The average Bonchev–Trinajstić information content (AvgIpc) is 2.66. The summed E-state index contributed by atoms with van der Waals surface area (Å²) in [4.78, 5) is 12.3. The Labute approximate surface area is 172 Å². The number of ether oxygens (including phenoxy) is 1. The Morgan fingerprint density at radius 3 is 2.17 bits per heavy atom. The number of rotatable bonds is 8. The van der Waals surface area contributed by atoms with Gasteiger partial charge in [-0.2, -0.15) is 0 Å². The standard InChI is InChI=1S/C21H28N2O5S/c1-15(28-18-9-7-17(24)8-10-18)20(25)22-13-14-23-29(26,27)19-11-5-16(6-12-19)21(2,3)4/h5-12,15,23-24H,13-14H2,1-4H3,(H,22,25). The Kier molecular flexibility index (Phi) is 7.26. The normalized spacial score (nSPS) is 13.0. The molecule has 0 spiro atoms. The molecule has 0 aliphatic heterocycles. The second-order valence-corrected chi connectivity index (χ2v) is 9.48. The minimum atomic E-state index is -3.65. The van der Waals surface area contributed by atoms with E-state index in [9.17, 15) is 18.3 Å². The summed E-state index contributed by atoms with van der Waals surface area (Å²) in [7, 11) is -3.65. The van der Waals surface area contributed by atoms with Crippen molar-refractivity contribution in [3.05, 3.63) is 54.1 Å². The maximum Gasteiger partial charge on any atom is 0.260 e. The van der Waals surface area contributed by atoms with E-state index in [0.717, 1.165) is 5.56 Å². The van der Waals surface area contributed by atoms with Crippen molar-refractivity contribution in [1.29, 1.82) is 0 Å². The number of phenols is 1. The molecular formula is C21H28N2O5S. The van der Waals surface area contributed by atoms with Crippen LogP contribution >= 0.6 is 0 Å². The number of benzene rings is 2. The van der Waals surface area contributed by atoms with Gasteiger partial charge < -0.3 is 15.2 Å². The number of nitrogens with one attached hydrogen (secondary N) is 2. The van der Waals surface area contributed by atoms with Crippen molar-refractivity contribution in [2.75, 3.05) is 13.1 Å².